The van der Waals surface area contributed by atoms with Gasteiger partial charge in [-0.25, -0.2) is 23.1 Å². The van der Waals surface area contributed by atoms with E-state index in [2.05, 4.69) is 19.6 Å². The molecule has 134 valence electrons. The van der Waals surface area contributed by atoms with Crippen LogP contribution in [0.15, 0.2) is 35.2 Å². The van der Waals surface area contributed by atoms with E-state index in [1.165, 1.54) is 12.5 Å². The van der Waals surface area contributed by atoms with Crippen molar-refractivity contribution in [2.75, 3.05) is 18.0 Å². The summed E-state index contributed by atoms with van der Waals surface area (Å²) >= 11 is 5.99. The number of nitrogens with one attached hydrogen (secondary N) is 1. The van der Waals surface area contributed by atoms with Crippen molar-refractivity contribution >= 4 is 27.6 Å². The standard InChI is InChI=1S/C17H21ClN4O2S/c1-13-11-14(21-17(20-13)22-9-5-2-6-10-22)12-19-25(23,24)16-8-4-3-7-15(16)18/h3-4,7-8,11,19H,2,5-6,9-10,12H2,1H3. The van der Waals surface area contributed by atoms with Gasteiger partial charge in [0.25, 0.3) is 0 Å². The van der Waals surface area contributed by atoms with E-state index in [1.54, 1.807) is 24.3 Å². The number of piperidine rings is 1. The lowest BCUT2D eigenvalue weighted by Crippen LogP contribution is -2.32. The summed E-state index contributed by atoms with van der Waals surface area (Å²) in [4.78, 5) is 11.2. The topological polar surface area (TPSA) is 75.2 Å². The lowest BCUT2D eigenvalue weighted by atomic mass is 10.1. The predicted octanol–water partition coefficient (Wildman–Crippen LogP) is 2.91. The van der Waals surface area contributed by atoms with Gasteiger partial charge in [-0.1, -0.05) is 23.7 Å². The third-order valence-electron chi connectivity index (χ3n) is 4.10. The van der Waals surface area contributed by atoms with Crippen LogP contribution in [0.2, 0.25) is 5.02 Å². The van der Waals surface area contributed by atoms with Gasteiger partial charge >= 0.3 is 0 Å². The summed E-state index contributed by atoms with van der Waals surface area (Å²) in [6.07, 6.45) is 3.49. The molecule has 1 saturated heterocycles. The average Bonchev–Trinajstić information content (AvgIpc) is 2.61. The molecule has 0 bridgehead atoms. The van der Waals surface area contributed by atoms with Gasteiger partial charge < -0.3 is 4.90 Å². The maximum Gasteiger partial charge on any atom is 0.242 e. The van der Waals surface area contributed by atoms with E-state index in [9.17, 15) is 8.42 Å². The quantitative estimate of drug-likeness (QED) is 0.863. The number of hydrogen-bond acceptors (Lipinski definition) is 5. The first-order valence-electron chi connectivity index (χ1n) is 8.29. The maximum absolute atomic E-state index is 12.4. The second-order valence-corrected chi connectivity index (χ2v) is 8.25. The van der Waals surface area contributed by atoms with Crippen LogP contribution in [0.5, 0.6) is 0 Å². The predicted molar refractivity (Wildman–Crippen MR) is 98.3 cm³/mol. The zero-order valence-electron chi connectivity index (χ0n) is 14.1. The van der Waals surface area contributed by atoms with Gasteiger partial charge in [-0.15, -0.1) is 0 Å². The van der Waals surface area contributed by atoms with Crippen molar-refractivity contribution in [3.05, 3.63) is 46.7 Å². The zero-order chi connectivity index (χ0) is 17.9. The molecular formula is C17H21ClN4O2S. The summed E-state index contributed by atoms with van der Waals surface area (Å²) in [5.74, 6) is 0.673. The average molecular weight is 381 g/mol. The van der Waals surface area contributed by atoms with Crippen LogP contribution in [0, 0.1) is 6.92 Å². The second-order valence-electron chi connectivity index (χ2n) is 6.10. The lowest BCUT2D eigenvalue weighted by Gasteiger charge is -2.27. The van der Waals surface area contributed by atoms with Crippen LogP contribution in [-0.4, -0.2) is 31.5 Å². The molecule has 0 saturated carbocycles. The fraction of sp³-hybridized carbons (Fsp3) is 0.412. The summed E-state index contributed by atoms with van der Waals surface area (Å²) in [6.45, 7) is 3.86. The van der Waals surface area contributed by atoms with E-state index in [0.717, 1.165) is 31.6 Å². The van der Waals surface area contributed by atoms with Gasteiger partial charge in [-0.2, -0.15) is 0 Å². The highest BCUT2D eigenvalue weighted by atomic mass is 35.5. The zero-order valence-corrected chi connectivity index (χ0v) is 15.6. The van der Waals surface area contributed by atoms with Crippen LogP contribution in [0.25, 0.3) is 0 Å². The minimum atomic E-state index is -3.70. The number of sulfonamides is 1. The summed E-state index contributed by atoms with van der Waals surface area (Å²) in [7, 11) is -3.70. The Labute approximate surface area is 153 Å². The first-order chi connectivity index (χ1) is 12.0. The van der Waals surface area contributed by atoms with Gasteiger partial charge in [0, 0.05) is 18.8 Å². The Balaban J connectivity index is 1.77. The molecule has 1 fully saturated rings. The molecule has 25 heavy (non-hydrogen) atoms. The molecule has 1 aromatic carbocycles. The molecule has 3 rings (SSSR count). The lowest BCUT2D eigenvalue weighted by molar-refractivity contribution is 0.565. The fourth-order valence-electron chi connectivity index (χ4n) is 2.85. The highest BCUT2D eigenvalue weighted by Crippen LogP contribution is 2.21. The van der Waals surface area contributed by atoms with Gasteiger partial charge in [-0.3, -0.25) is 0 Å². The molecule has 1 aliphatic rings. The van der Waals surface area contributed by atoms with Crippen molar-refractivity contribution in [3.8, 4) is 0 Å². The van der Waals surface area contributed by atoms with Gasteiger partial charge in [0.15, 0.2) is 0 Å². The van der Waals surface area contributed by atoms with Crippen LogP contribution in [0.3, 0.4) is 0 Å². The number of benzene rings is 1. The summed E-state index contributed by atoms with van der Waals surface area (Å²) < 4.78 is 27.5. The van der Waals surface area contributed by atoms with E-state index >= 15 is 0 Å². The highest BCUT2D eigenvalue weighted by molar-refractivity contribution is 7.89. The molecule has 0 radical (unpaired) electrons. The van der Waals surface area contributed by atoms with Gasteiger partial charge in [0.05, 0.1) is 17.3 Å². The van der Waals surface area contributed by atoms with Gasteiger partial charge in [0.1, 0.15) is 4.90 Å². The molecule has 1 aromatic heterocycles. The number of hydrogen-bond donors (Lipinski definition) is 1. The molecule has 0 amide bonds. The van der Waals surface area contributed by atoms with Crippen molar-refractivity contribution in [1.82, 2.24) is 14.7 Å². The van der Waals surface area contributed by atoms with E-state index in [1.807, 2.05) is 6.92 Å². The number of nitrogens with zero attached hydrogens (tertiary/aromatic N) is 3. The number of aromatic nitrogens is 2. The monoisotopic (exact) mass is 380 g/mol. The van der Waals surface area contributed by atoms with Gasteiger partial charge in [0.2, 0.25) is 16.0 Å². The number of anilines is 1. The molecular weight excluding hydrogens is 360 g/mol. The molecule has 0 unspecified atom stereocenters. The van der Waals surface area contributed by atoms with E-state index in [-0.39, 0.29) is 16.5 Å². The molecule has 2 heterocycles. The van der Waals surface area contributed by atoms with Crippen LogP contribution >= 0.6 is 11.6 Å². The Morgan fingerprint density at radius 1 is 1.16 bits per heavy atom. The summed E-state index contributed by atoms with van der Waals surface area (Å²) in [5, 5.41) is 0.197. The summed E-state index contributed by atoms with van der Waals surface area (Å²) in [6, 6.07) is 8.17. The third kappa shape index (κ3) is 4.48. The largest absolute Gasteiger partial charge is 0.341 e. The van der Waals surface area contributed by atoms with Crippen LogP contribution in [0.4, 0.5) is 5.95 Å². The number of halogens is 1. The Bertz CT molecular complexity index is 851. The minimum Gasteiger partial charge on any atom is -0.341 e. The molecule has 0 aliphatic carbocycles. The smallest absolute Gasteiger partial charge is 0.242 e. The maximum atomic E-state index is 12.4. The Morgan fingerprint density at radius 3 is 2.60 bits per heavy atom. The fourth-order valence-corrected chi connectivity index (χ4v) is 4.37. The van der Waals surface area contributed by atoms with Crippen LogP contribution < -0.4 is 9.62 Å². The van der Waals surface area contributed by atoms with Crippen LogP contribution in [0.1, 0.15) is 30.7 Å². The molecule has 1 N–H and O–H groups in total. The Hall–Kier alpha value is -1.70. The Kier molecular flexibility index (Phi) is 5.56. The van der Waals surface area contributed by atoms with Crippen molar-refractivity contribution < 1.29 is 8.42 Å². The van der Waals surface area contributed by atoms with Crippen molar-refractivity contribution in [3.63, 3.8) is 0 Å². The molecule has 6 nitrogen and oxygen atoms in total. The first kappa shape index (κ1) is 18.1. The number of aryl methyl sites for hydroxylation is 1. The third-order valence-corrected chi connectivity index (χ3v) is 6.00. The molecule has 0 spiro atoms. The SMILES string of the molecule is Cc1cc(CNS(=O)(=O)c2ccccc2Cl)nc(N2CCCCC2)n1. The van der Waals surface area contributed by atoms with E-state index < -0.39 is 10.0 Å². The Morgan fingerprint density at radius 2 is 1.88 bits per heavy atom. The van der Waals surface area contributed by atoms with Crippen molar-refractivity contribution in [1.29, 1.82) is 0 Å². The highest BCUT2D eigenvalue weighted by Gasteiger charge is 2.19. The normalized spacial score (nSPS) is 15.4. The van der Waals surface area contributed by atoms with E-state index in [4.69, 9.17) is 11.6 Å². The second kappa shape index (κ2) is 7.68. The molecule has 2 aromatic rings. The summed E-state index contributed by atoms with van der Waals surface area (Å²) in [5.41, 5.74) is 1.46. The van der Waals surface area contributed by atoms with Crippen molar-refractivity contribution in [2.24, 2.45) is 0 Å². The van der Waals surface area contributed by atoms with E-state index in [0.29, 0.717) is 11.6 Å². The molecule has 8 heteroatoms. The van der Waals surface area contributed by atoms with Crippen molar-refractivity contribution in [2.45, 2.75) is 37.6 Å². The molecule has 1 aliphatic heterocycles. The number of rotatable bonds is 5. The first-order valence-corrected chi connectivity index (χ1v) is 10.2. The molecule has 0 atom stereocenters. The van der Waals surface area contributed by atoms with Crippen LogP contribution in [-0.2, 0) is 16.6 Å². The van der Waals surface area contributed by atoms with Gasteiger partial charge in [-0.05, 0) is 44.4 Å². The minimum absolute atomic E-state index is 0.0682.